The number of rotatable bonds is 4. The molecule has 7 rings (SSSR count). The summed E-state index contributed by atoms with van der Waals surface area (Å²) >= 11 is 1.81. The second-order valence-corrected chi connectivity index (χ2v) is 11.7. The molecule has 162 valence electrons. The molecule has 2 saturated heterocycles. The largest absolute Gasteiger partial charge is 0.446 e. The summed E-state index contributed by atoms with van der Waals surface area (Å²) in [6, 6.07) is 5.45. The van der Waals surface area contributed by atoms with Gasteiger partial charge in [-0.1, -0.05) is 6.07 Å². The van der Waals surface area contributed by atoms with Crippen LogP contribution in [0.4, 0.5) is 19.0 Å². The predicted octanol–water partition coefficient (Wildman–Crippen LogP) is 4.75. The van der Waals surface area contributed by atoms with E-state index in [2.05, 4.69) is 15.3 Å². The third-order valence-electron chi connectivity index (χ3n) is 7.36. The molecule has 1 N–H and O–H groups in total. The third kappa shape index (κ3) is 3.00. The summed E-state index contributed by atoms with van der Waals surface area (Å²) in [7, 11) is 0. The van der Waals surface area contributed by atoms with Crippen molar-refractivity contribution in [2.45, 2.75) is 53.6 Å². The Morgan fingerprint density at radius 3 is 2.60 bits per heavy atom. The number of thioether (sulfide) groups is 1. The Kier molecular flexibility index (Phi) is 4.26. The van der Waals surface area contributed by atoms with Gasteiger partial charge in [-0.3, -0.25) is 4.90 Å². The topological polar surface area (TPSA) is 41.8 Å². The first-order chi connectivity index (χ1) is 14.2. The summed E-state index contributed by atoms with van der Waals surface area (Å²) in [5.41, 5.74) is -3.11. The minimum Gasteiger partial charge on any atom is -0.380 e. The first-order valence-corrected chi connectivity index (χ1v) is 12.1. The number of ether oxygens (including phenoxy) is 1. The van der Waals surface area contributed by atoms with Crippen molar-refractivity contribution in [2.75, 3.05) is 31.6 Å². The highest BCUT2D eigenvalue weighted by molar-refractivity contribution is 14.1. The summed E-state index contributed by atoms with van der Waals surface area (Å²) in [5.74, 6) is 0.780. The first kappa shape index (κ1) is 19.9. The van der Waals surface area contributed by atoms with Gasteiger partial charge in [0, 0.05) is 29.6 Å². The first-order valence-electron chi connectivity index (χ1n) is 10.2. The number of nitrogens with one attached hydrogen (secondary N) is 1. The normalized spacial score (nSPS) is 32.5. The molecule has 2 aliphatic heterocycles. The lowest BCUT2D eigenvalue weighted by Crippen LogP contribution is -2.78. The maximum absolute atomic E-state index is 13.0. The van der Waals surface area contributed by atoms with Crippen molar-refractivity contribution in [3.63, 3.8) is 0 Å². The molecule has 2 bridgehead atoms. The number of anilines is 1. The fourth-order valence-corrected chi connectivity index (χ4v) is 7.56. The molecule has 5 nitrogen and oxygen atoms in total. The number of alkyl halides is 3. The predicted molar refractivity (Wildman–Crippen MR) is 117 cm³/mol. The summed E-state index contributed by atoms with van der Waals surface area (Å²) in [4.78, 5) is 2.83. The maximum atomic E-state index is 13.0. The Labute approximate surface area is 190 Å². The molecule has 2 aromatic heterocycles. The zero-order chi connectivity index (χ0) is 20.8. The van der Waals surface area contributed by atoms with E-state index in [1.165, 1.54) is 12.8 Å². The van der Waals surface area contributed by atoms with Crippen LogP contribution in [0.3, 0.4) is 0 Å². The molecule has 5 aliphatic rings. The Balaban J connectivity index is 1.23. The van der Waals surface area contributed by atoms with Gasteiger partial charge in [-0.05, 0) is 78.6 Å². The average molecular weight is 550 g/mol. The number of likely N-dealkylation sites (tertiary alicyclic amines) is 1. The van der Waals surface area contributed by atoms with Crippen LogP contribution in [0, 0.1) is 9.12 Å². The van der Waals surface area contributed by atoms with Crippen molar-refractivity contribution in [2.24, 2.45) is 5.41 Å². The van der Waals surface area contributed by atoms with Gasteiger partial charge in [-0.15, -0.1) is 0 Å². The van der Waals surface area contributed by atoms with Gasteiger partial charge in [0.15, 0.2) is 0 Å². The zero-order valence-corrected chi connectivity index (χ0v) is 19.2. The monoisotopic (exact) mass is 550 g/mol. The number of nitrogens with zero attached hydrogens (tertiary/aromatic N) is 3. The fraction of sp³-hybridized carbons (Fsp3) is 0.650. The summed E-state index contributed by atoms with van der Waals surface area (Å²) in [6.07, 6.45) is 5.69. The Hall–Kier alpha value is -0.720. The highest BCUT2D eigenvalue weighted by Gasteiger charge is 2.64. The second kappa shape index (κ2) is 6.41. The molecule has 0 aromatic carbocycles. The van der Waals surface area contributed by atoms with E-state index < -0.39 is 5.51 Å². The number of pyridine rings is 1. The number of fused-ring (bicyclic) bond motifs is 3. The Bertz CT molecular complexity index is 1010. The molecule has 0 atom stereocenters. The standard InChI is InChI=1S/C20H22F3IN4OS/c21-20(22,23)30-15-13-3-1-4-14(28(13)26-16(15)24)25-18-5-2-6-19(7-18,8-18)27-9-17(10-27)11-29-12-17/h1,3-4,25H,2,5-12H2. The van der Waals surface area contributed by atoms with Crippen molar-refractivity contribution in [3.8, 4) is 0 Å². The molecular weight excluding hydrogens is 528 g/mol. The minimum absolute atomic E-state index is 0.0140. The Morgan fingerprint density at radius 2 is 1.93 bits per heavy atom. The van der Waals surface area contributed by atoms with E-state index in [1.807, 2.05) is 34.7 Å². The second-order valence-electron chi connectivity index (χ2n) is 9.56. The van der Waals surface area contributed by atoms with Crippen LogP contribution in [-0.4, -0.2) is 57.4 Å². The van der Waals surface area contributed by atoms with Crippen LogP contribution < -0.4 is 5.32 Å². The molecule has 4 heterocycles. The van der Waals surface area contributed by atoms with Crippen LogP contribution >= 0.6 is 34.4 Å². The van der Waals surface area contributed by atoms with Crippen molar-refractivity contribution in [1.82, 2.24) is 14.5 Å². The summed E-state index contributed by atoms with van der Waals surface area (Å²) in [6.45, 7) is 4.10. The SMILES string of the molecule is FC(F)(F)Sc1c(I)nn2c(NC34CCCC(N5CC6(COC6)C5)(C3)C4)cccc12. The minimum atomic E-state index is -4.33. The third-order valence-corrected chi connectivity index (χ3v) is 9.31. The molecule has 0 unspecified atom stereocenters. The summed E-state index contributed by atoms with van der Waals surface area (Å²) in [5, 5.41) is 8.13. The van der Waals surface area contributed by atoms with Gasteiger partial charge in [0.1, 0.15) is 9.52 Å². The molecule has 3 saturated carbocycles. The van der Waals surface area contributed by atoms with E-state index in [1.54, 1.807) is 10.6 Å². The molecule has 3 aliphatic carbocycles. The lowest BCUT2D eigenvalue weighted by atomic mass is 9.52. The highest BCUT2D eigenvalue weighted by atomic mass is 127. The van der Waals surface area contributed by atoms with E-state index in [0.717, 1.165) is 51.4 Å². The van der Waals surface area contributed by atoms with Crippen LogP contribution in [0.15, 0.2) is 23.1 Å². The maximum Gasteiger partial charge on any atom is 0.446 e. The molecule has 2 aromatic rings. The van der Waals surface area contributed by atoms with E-state index in [0.29, 0.717) is 14.6 Å². The van der Waals surface area contributed by atoms with E-state index >= 15 is 0 Å². The van der Waals surface area contributed by atoms with Crippen molar-refractivity contribution < 1.29 is 17.9 Å². The number of aromatic nitrogens is 2. The number of halogens is 4. The van der Waals surface area contributed by atoms with Crippen LogP contribution in [0.5, 0.6) is 0 Å². The van der Waals surface area contributed by atoms with Gasteiger partial charge < -0.3 is 10.1 Å². The lowest BCUT2D eigenvalue weighted by Gasteiger charge is -2.71. The number of hydrogen-bond donors (Lipinski definition) is 1. The van der Waals surface area contributed by atoms with Crippen LogP contribution in [-0.2, 0) is 4.74 Å². The number of hydrogen-bond acceptors (Lipinski definition) is 5. The molecule has 0 radical (unpaired) electrons. The summed E-state index contributed by atoms with van der Waals surface area (Å²) < 4.78 is 46.5. The smallest absolute Gasteiger partial charge is 0.380 e. The van der Waals surface area contributed by atoms with Crippen molar-refractivity contribution >= 4 is 45.7 Å². The highest BCUT2D eigenvalue weighted by Crippen LogP contribution is 2.59. The quantitative estimate of drug-likeness (QED) is 0.440. The van der Waals surface area contributed by atoms with Gasteiger partial charge in [-0.25, -0.2) is 4.52 Å². The van der Waals surface area contributed by atoms with Gasteiger partial charge in [0.25, 0.3) is 0 Å². The molecule has 1 spiro atoms. The van der Waals surface area contributed by atoms with Crippen LogP contribution in [0.25, 0.3) is 5.52 Å². The van der Waals surface area contributed by atoms with E-state index in [-0.39, 0.29) is 27.7 Å². The van der Waals surface area contributed by atoms with Crippen molar-refractivity contribution in [1.29, 1.82) is 0 Å². The lowest BCUT2D eigenvalue weighted by molar-refractivity contribution is -0.237. The fourth-order valence-electron chi connectivity index (χ4n) is 6.12. The van der Waals surface area contributed by atoms with Gasteiger partial charge in [-0.2, -0.15) is 18.3 Å². The average Bonchev–Trinajstić information content (AvgIpc) is 2.87. The van der Waals surface area contributed by atoms with Gasteiger partial charge >= 0.3 is 5.51 Å². The molecular formula is C20H22F3IN4OS. The molecule has 0 amide bonds. The van der Waals surface area contributed by atoms with Crippen LogP contribution in [0.2, 0.25) is 0 Å². The van der Waals surface area contributed by atoms with E-state index in [9.17, 15) is 13.2 Å². The van der Waals surface area contributed by atoms with Gasteiger partial charge in [0.2, 0.25) is 0 Å². The van der Waals surface area contributed by atoms with Crippen molar-refractivity contribution in [3.05, 3.63) is 21.9 Å². The van der Waals surface area contributed by atoms with Gasteiger partial charge in [0.05, 0.1) is 23.6 Å². The Morgan fingerprint density at radius 1 is 1.17 bits per heavy atom. The zero-order valence-electron chi connectivity index (χ0n) is 16.3. The van der Waals surface area contributed by atoms with E-state index in [4.69, 9.17) is 4.74 Å². The van der Waals surface area contributed by atoms with Crippen LogP contribution in [0.1, 0.15) is 32.1 Å². The molecule has 10 heteroatoms. The molecule has 5 fully saturated rings. The molecule has 30 heavy (non-hydrogen) atoms.